The molecule has 57 heavy (non-hydrogen) atoms. The third-order valence-electron chi connectivity index (χ3n) is 7.44. The van der Waals surface area contributed by atoms with E-state index in [4.69, 9.17) is 0 Å². The van der Waals surface area contributed by atoms with Crippen LogP contribution in [0.25, 0.3) is 36.5 Å². The predicted molar refractivity (Wildman–Crippen MR) is 233 cm³/mol. The van der Waals surface area contributed by atoms with Gasteiger partial charge in [-0.05, 0) is 69.8 Å². The van der Waals surface area contributed by atoms with E-state index in [0.717, 1.165) is 33.4 Å². The molecule has 0 fully saturated rings. The van der Waals surface area contributed by atoms with Crippen molar-refractivity contribution in [2.75, 3.05) is 0 Å². The maximum atomic E-state index is 11.6. The minimum absolute atomic E-state index is 0. The molecule has 6 aromatic rings. The topological polar surface area (TPSA) is 86.2 Å². The zero-order valence-corrected chi connectivity index (χ0v) is 34.4. The van der Waals surface area contributed by atoms with Crippen LogP contribution in [0.15, 0.2) is 218 Å². The molecule has 0 atom stereocenters. The smallest absolute Gasteiger partial charge is 0.178 e. The Hall–Kier alpha value is -5.95. The summed E-state index contributed by atoms with van der Waals surface area (Å²) in [4.78, 5) is 34.8. The van der Waals surface area contributed by atoms with E-state index in [2.05, 4.69) is 0 Å². The first-order valence-electron chi connectivity index (χ1n) is 17.5. The van der Waals surface area contributed by atoms with E-state index >= 15 is 0 Å². The van der Waals surface area contributed by atoms with E-state index in [9.17, 15) is 14.4 Å². The molecule has 0 aliphatic heterocycles. The van der Waals surface area contributed by atoms with Gasteiger partial charge in [0.2, 0.25) is 0 Å². The summed E-state index contributed by atoms with van der Waals surface area (Å²) in [6.07, 6.45) is 20.4. The maximum Gasteiger partial charge on any atom is 0.178 e. The summed E-state index contributed by atoms with van der Waals surface area (Å²) in [5, 5.41) is 0. The summed E-state index contributed by atoms with van der Waals surface area (Å²) < 4.78 is 0. The monoisotopic (exact) mass is 931 g/mol. The average Bonchev–Trinajstić information content (AvgIpc) is 3.24. The fourth-order valence-corrected chi connectivity index (χ4v) is 4.62. The minimum atomic E-state index is -0.0114. The Kier molecular flexibility index (Phi) is 26.1. The third-order valence-corrected chi connectivity index (χ3v) is 7.44. The number of ketones is 3. The van der Waals surface area contributed by atoms with E-state index in [1.807, 2.05) is 218 Å². The van der Waals surface area contributed by atoms with Crippen LogP contribution in [0.5, 0.6) is 0 Å². The van der Waals surface area contributed by atoms with E-state index in [0.29, 0.717) is 0 Å². The molecule has 0 spiro atoms. The molecule has 6 rings (SSSR count). The molecule has 6 aromatic carbocycles. The Morgan fingerprint density at radius 1 is 0.246 bits per heavy atom. The van der Waals surface area contributed by atoms with Gasteiger partial charge in [0, 0.05) is 40.8 Å². The second kappa shape index (κ2) is 30.3. The van der Waals surface area contributed by atoms with Gasteiger partial charge in [0.15, 0.2) is 17.3 Å². The zero-order valence-electron chi connectivity index (χ0n) is 31.3. The quantitative estimate of drug-likeness (QED) is 0.0978. The van der Waals surface area contributed by atoms with Crippen LogP contribution in [0.4, 0.5) is 0 Å². The van der Waals surface area contributed by atoms with Gasteiger partial charge in [-0.2, -0.15) is 0 Å². The SMILES string of the molecule is N.O=C(C=Cc1ccccc1)C=Cc1ccccc1.O=C(C=Cc1ccccc1)C=Cc1ccccc1.O=C(C=Cc1ccccc1)C=Cc1ccccc1.[Pd].[Pd]. The average molecular weight is 933 g/mol. The van der Waals surface area contributed by atoms with Gasteiger partial charge in [0.25, 0.3) is 0 Å². The summed E-state index contributed by atoms with van der Waals surface area (Å²) in [6.45, 7) is 0. The summed E-state index contributed by atoms with van der Waals surface area (Å²) in [5.74, 6) is -0.0341. The summed E-state index contributed by atoms with van der Waals surface area (Å²) in [5.41, 5.74) is 6.16. The molecular formula is C51H45NO3Pd2. The van der Waals surface area contributed by atoms with Crippen molar-refractivity contribution in [2.45, 2.75) is 0 Å². The molecule has 0 saturated heterocycles. The van der Waals surface area contributed by atoms with Gasteiger partial charge in [0.1, 0.15) is 0 Å². The Balaban J connectivity index is 0.000000417. The maximum absolute atomic E-state index is 11.6. The molecule has 0 aliphatic rings. The number of hydrogen-bond acceptors (Lipinski definition) is 4. The van der Waals surface area contributed by atoms with Crippen LogP contribution in [0.3, 0.4) is 0 Å². The van der Waals surface area contributed by atoms with E-state index in [1.54, 1.807) is 36.5 Å². The largest absolute Gasteiger partial charge is 0.344 e. The molecule has 0 saturated carbocycles. The van der Waals surface area contributed by atoms with Crippen LogP contribution >= 0.6 is 0 Å². The standard InChI is InChI=1S/3C17H14O.H3N.2Pd/c3*18-17(13-11-15-7-3-1-4-8-15)14-12-16-9-5-2-6-10-16;;;/h3*1-14H;1H3;;. The molecule has 292 valence electrons. The van der Waals surface area contributed by atoms with Crippen molar-refractivity contribution in [3.05, 3.63) is 252 Å². The normalized spacial score (nSPS) is 10.5. The molecule has 0 heterocycles. The third kappa shape index (κ3) is 22.3. The van der Waals surface area contributed by atoms with Crippen molar-refractivity contribution in [1.29, 1.82) is 0 Å². The van der Waals surface area contributed by atoms with Crippen LogP contribution in [0.2, 0.25) is 0 Å². The van der Waals surface area contributed by atoms with Crippen LogP contribution in [-0.2, 0) is 55.2 Å². The first-order valence-corrected chi connectivity index (χ1v) is 17.5. The van der Waals surface area contributed by atoms with Crippen molar-refractivity contribution in [2.24, 2.45) is 0 Å². The molecule has 4 nitrogen and oxygen atoms in total. The summed E-state index contributed by atoms with van der Waals surface area (Å²) in [6, 6.07) is 58.7. The molecule has 0 radical (unpaired) electrons. The van der Waals surface area contributed by atoms with E-state index in [1.165, 1.54) is 0 Å². The van der Waals surface area contributed by atoms with Gasteiger partial charge in [-0.25, -0.2) is 0 Å². The molecule has 0 aromatic heterocycles. The van der Waals surface area contributed by atoms with E-state index < -0.39 is 0 Å². The molecule has 3 N–H and O–H groups in total. The van der Waals surface area contributed by atoms with Crippen molar-refractivity contribution in [3.8, 4) is 0 Å². The van der Waals surface area contributed by atoms with Gasteiger partial charge in [-0.15, -0.1) is 0 Å². The van der Waals surface area contributed by atoms with Crippen molar-refractivity contribution in [1.82, 2.24) is 6.15 Å². The van der Waals surface area contributed by atoms with Crippen LogP contribution in [-0.4, -0.2) is 17.3 Å². The van der Waals surface area contributed by atoms with Crippen molar-refractivity contribution in [3.63, 3.8) is 0 Å². The Morgan fingerprint density at radius 2 is 0.368 bits per heavy atom. The molecule has 0 unspecified atom stereocenters. The fourth-order valence-electron chi connectivity index (χ4n) is 4.62. The number of carbonyl (C=O) groups is 3. The van der Waals surface area contributed by atoms with Gasteiger partial charge in [-0.3, -0.25) is 14.4 Å². The number of hydrogen-bond donors (Lipinski definition) is 1. The van der Waals surface area contributed by atoms with Gasteiger partial charge >= 0.3 is 0 Å². The van der Waals surface area contributed by atoms with Gasteiger partial charge in [-0.1, -0.05) is 218 Å². The Morgan fingerprint density at radius 3 is 0.491 bits per heavy atom. The minimum Gasteiger partial charge on any atom is -0.344 e. The zero-order chi connectivity index (χ0) is 37.9. The molecule has 0 aliphatic carbocycles. The fraction of sp³-hybridized carbons (Fsp3) is 0. The van der Waals surface area contributed by atoms with Crippen LogP contribution in [0, 0.1) is 0 Å². The summed E-state index contributed by atoms with van der Waals surface area (Å²) in [7, 11) is 0. The Bertz CT molecular complexity index is 1770. The first-order chi connectivity index (χ1) is 26.5. The number of allylic oxidation sites excluding steroid dienone is 6. The Labute approximate surface area is 364 Å². The molecule has 6 heteroatoms. The number of benzene rings is 6. The second-order valence-electron chi connectivity index (χ2n) is 11.7. The summed E-state index contributed by atoms with van der Waals surface area (Å²) >= 11 is 0. The van der Waals surface area contributed by atoms with Crippen molar-refractivity contribution < 1.29 is 55.2 Å². The number of carbonyl (C=O) groups excluding carboxylic acids is 3. The predicted octanol–water partition coefficient (Wildman–Crippen LogP) is 12.1. The van der Waals surface area contributed by atoms with Crippen LogP contribution < -0.4 is 6.15 Å². The van der Waals surface area contributed by atoms with E-state index in [-0.39, 0.29) is 64.3 Å². The number of rotatable bonds is 12. The van der Waals surface area contributed by atoms with Crippen LogP contribution in [0.1, 0.15) is 33.4 Å². The molecule has 0 amide bonds. The van der Waals surface area contributed by atoms with Gasteiger partial charge in [0.05, 0.1) is 0 Å². The van der Waals surface area contributed by atoms with Gasteiger partial charge < -0.3 is 6.15 Å². The van der Waals surface area contributed by atoms with Crippen molar-refractivity contribution >= 4 is 53.8 Å². The second-order valence-corrected chi connectivity index (χ2v) is 11.7. The molecular weight excluding hydrogens is 887 g/mol. The first kappa shape index (κ1) is 49.1. The molecule has 0 bridgehead atoms.